The molecule has 3 heteroatoms. The number of para-hydroxylation sites is 1. The van der Waals surface area contributed by atoms with E-state index in [1.54, 1.807) is 7.11 Å². The van der Waals surface area contributed by atoms with Gasteiger partial charge in [0.15, 0.2) is 0 Å². The number of fused-ring (bicyclic) bond motifs is 1. The van der Waals surface area contributed by atoms with Crippen LogP contribution in [-0.4, -0.2) is 7.11 Å². The van der Waals surface area contributed by atoms with Gasteiger partial charge in [0, 0.05) is 22.3 Å². The van der Waals surface area contributed by atoms with E-state index in [9.17, 15) is 0 Å². The molecule has 0 radical (unpaired) electrons. The van der Waals surface area contributed by atoms with Crippen LogP contribution in [0.3, 0.4) is 0 Å². The van der Waals surface area contributed by atoms with E-state index in [0.717, 1.165) is 12.2 Å². The minimum Gasteiger partial charge on any atom is -0.497 e. The Morgan fingerprint density at radius 1 is 1.00 bits per heavy atom. The van der Waals surface area contributed by atoms with Crippen LogP contribution >= 0.6 is 11.8 Å². The van der Waals surface area contributed by atoms with E-state index in [1.165, 1.54) is 27.4 Å². The zero-order valence-corrected chi connectivity index (χ0v) is 14.3. The summed E-state index contributed by atoms with van der Waals surface area (Å²) in [5.41, 5.74) is 5.06. The maximum Gasteiger partial charge on any atom is 0.118 e. The average Bonchev–Trinajstić information content (AvgIpc) is 3.09. The summed E-state index contributed by atoms with van der Waals surface area (Å²) in [6.45, 7) is 0. The predicted octanol–water partition coefficient (Wildman–Crippen LogP) is 5.72. The summed E-state index contributed by atoms with van der Waals surface area (Å²) in [6.07, 6.45) is 9.50. The Kier molecular flexibility index (Phi) is 4.18. The Hall–Kier alpha value is -2.39. The van der Waals surface area contributed by atoms with Crippen LogP contribution in [-0.2, 0) is 0 Å². The van der Waals surface area contributed by atoms with E-state index in [1.807, 2.05) is 23.9 Å². The van der Waals surface area contributed by atoms with Gasteiger partial charge >= 0.3 is 0 Å². The van der Waals surface area contributed by atoms with Gasteiger partial charge in [-0.15, -0.1) is 11.8 Å². The lowest BCUT2D eigenvalue weighted by atomic mass is 10.0. The molecule has 0 saturated carbocycles. The average molecular weight is 333 g/mol. The fourth-order valence-corrected chi connectivity index (χ4v) is 4.29. The first-order valence-electron chi connectivity index (χ1n) is 8.08. The SMILES string of the molecule is COc1ccc(C2CC(=C3C=CC=C3)Nc3ccccc3S2)cc1. The van der Waals surface area contributed by atoms with Crippen molar-refractivity contribution in [1.82, 2.24) is 0 Å². The van der Waals surface area contributed by atoms with Crippen LogP contribution in [0.5, 0.6) is 5.75 Å². The summed E-state index contributed by atoms with van der Waals surface area (Å²) in [5.74, 6) is 0.899. The number of anilines is 1. The van der Waals surface area contributed by atoms with Crippen LogP contribution in [0.15, 0.2) is 89.0 Å². The van der Waals surface area contributed by atoms with Gasteiger partial charge in [-0.2, -0.15) is 0 Å². The number of nitrogens with one attached hydrogen (secondary N) is 1. The number of allylic oxidation sites excluding steroid dienone is 6. The maximum atomic E-state index is 5.29. The van der Waals surface area contributed by atoms with Gasteiger partial charge in [0.2, 0.25) is 0 Å². The third-order valence-corrected chi connectivity index (χ3v) is 5.66. The summed E-state index contributed by atoms with van der Waals surface area (Å²) in [6, 6.07) is 17.0. The highest BCUT2D eigenvalue weighted by Gasteiger charge is 2.23. The first-order chi connectivity index (χ1) is 11.8. The summed E-state index contributed by atoms with van der Waals surface area (Å²) >= 11 is 1.92. The molecule has 120 valence electrons. The monoisotopic (exact) mass is 333 g/mol. The summed E-state index contributed by atoms with van der Waals surface area (Å²) in [4.78, 5) is 1.29. The fraction of sp³-hybridized carbons (Fsp3) is 0.143. The second-order valence-electron chi connectivity index (χ2n) is 5.86. The molecule has 0 bridgehead atoms. The molecule has 2 nitrogen and oxygen atoms in total. The highest BCUT2D eigenvalue weighted by molar-refractivity contribution is 7.99. The molecule has 1 aliphatic heterocycles. The van der Waals surface area contributed by atoms with Gasteiger partial charge in [-0.05, 0) is 35.4 Å². The molecule has 0 aromatic heterocycles. The lowest BCUT2D eigenvalue weighted by Crippen LogP contribution is -2.03. The van der Waals surface area contributed by atoms with E-state index in [4.69, 9.17) is 4.74 Å². The Bertz CT molecular complexity index is 819. The molecule has 1 aliphatic carbocycles. The summed E-state index contributed by atoms with van der Waals surface area (Å²) in [7, 11) is 1.71. The number of hydrogen-bond donors (Lipinski definition) is 1. The largest absolute Gasteiger partial charge is 0.497 e. The van der Waals surface area contributed by atoms with Crippen molar-refractivity contribution < 1.29 is 4.74 Å². The minimum absolute atomic E-state index is 0.372. The van der Waals surface area contributed by atoms with Crippen molar-refractivity contribution in [3.63, 3.8) is 0 Å². The zero-order chi connectivity index (χ0) is 16.4. The molecular formula is C21H19NOS. The quantitative estimate of drug-likeness (QED) is 0.759. The molecule has 2 aromatic carbocycles. The number of ether oxygens (including phenoxy) is 1. The van der Waals surface area contributed by atoms with E-state index >= 15 is 0 Å². The van der Waals surface area contributed by atoms with Crippen molar-refractivity contribution >= 4 is 17.4 Å². The molecule has 1 atom stereocenters. The second-order valence-corrected chi connectivity index (χ2v) is 7.10. The first-order valence-corrected chi connectivity index (χ1v) is 8.96. The van der Waals surface area contributed by atoms with E-state index in [0.29, 0.717) is 5.25 Å². The molecule has 4 rings (SSSR count). The van der Waals surface area contributed by atoms with Crippen molar-refractivity contribution in [1.29, 1.82) is 0 Å². The lowest BCUT2D eigenvalue weighted by molar-refractivity contribution is 0.414. The lowest BCUT2D eigenvalue weighted by Gasteiger charge is -2.16. The number of methoxy groups -OCH3 is 1. The standard InChI is InChI=1S/C21H19NOS/c1-23-17-12-10-16(11-13-17)21-14-19(15-6-2-3-7-15)22-18-8-4-5-9-20(18)24-21/h2-13,21-22H,14H2,1H3. The normalized spacial score (nSPS) is 19.0. The Balaban J connectivity index is 1.75. The molecule has 2 aliphatic rings. The van der Waals surface area contributed by atoms with Crippen molar-refractivity contribution in [2.24, 2.45) is 0 Å². The van der Waals surface area contributed by atoms with Gasteiger partial charge in [0.25, 0.3) is 0 Å². The number of benzene rings is 2. The molecular weight excluding hydrogens is 314 g/mol. The molecule has 1 unspecified atom stereocenters. The van der Waals surface area contributed by atoms with Crippen molar-refractivity contribution in [2.75, 3.05) is 12.4 Å². The molecule has 2 aromatic rings. The smallest absolute Gasteiger partial charge is 0.118 e. The Labute approximate surface area is 146 Å². The van der Waals surface area contributed by atoms with Gasteiger partial charge in [-0.3, -0.25) is 0 Å². The maximum absolute atomic E-state index is 5.29. The van der Waals surface area contributed by atoms with Gasteiger partial charge in [0.05, 0.1) is 12.8 Å². The Morgan fingerprint density at radius 2 is 1.75 bits per heavy atom. The molecule has 0 saturated heterocycles. The fourth-order valence-electron chi connectivity index (χ4n) is 3.04. The summed E-state index contributed by atoms with van der Waals surface area (Å²) < 4.78 is 5.29. The van der Waals surface area contributed by atoms with Gasteiger partial charge in [0.1, 0.15) is 5.75 Å². The van der Waals surface area contributed by atoms with Crippen LogP contribution in [0.2, 0.25) is 0 Å². The van der Waals surface area contributed by atoms with Gasteiger partial charge in [-0.25, -0.2) is 0 Å². The van der Waals surface area contributed by atoms with Crippen LogP contribution in [0.1, 0.15) is 17.2 Å². The first kappa shape index (κ1) is 15.2. The van der Waals surface area contributed by atoms with Gasteiger partial charge < -0.3 is 10.1 Å². The van der Waals surface area contributed by atoms with Crippen molar-refractivity contribution in [3.05, 3.63) is 89.7 Å². The highest BCUT2D eigenvalue weighted by Crippen LogP contribution is 2.46. The third-order valence-electron chi connectivity index (χ3n) is 4.33. The van der Waals surface area contributed by atoms with E-state index in [2.05, 4.69) is 66.0 Å². The topological polar surface area (TPSA) is 21.3 Å². The number of thioether (sulfide) groups is 1. The van der Waals surface area contributed by atoms with E-state index in [-0.39, 0.29) is 0 Å². The predicted molar refractivity (Wildman–Crippen MR) is 102 cm³/mol. The van der Waals surface area contributed by atoms with Crippen LogP contribution < -0.4 is 10.1 Å². The van der Waals surface area contributed by atoms with Crippen molar-refractivity contribution in [2.45, 2.75) is 16.6 Å². The third kappa shape index (κ3) is 3.00. The molecule has 1 N–H and O–H groups in total. The minimum atomic E-state index is 0.372. The number of rotatable bonds is 2. The highest BCUT2D eigenvalue weighted by atomic mass is 32.2. The van der Waals surface area contributed by atoms with Crippen LogP contribution in [0.4, 0.5) is 5.69 Å². The molecule has 0 amide bonds. The second kappa shape index (κ2) is 6.62. The number of hydrogen-bond acceptors (Lipinski definition) is 3. The molecule has 0 fully saturated rings. The molecule has 24 heavy (non-hydrogen) atoms. The van der Waals surface area contributed by atoms with Crippen molar-refractivity contribution in [3.8, 4) is 5.75 Å². The molecule has 1 heterocycles. The summed E-state index contributed by atoms with van der Waals surface area (Å²) in [5, 5.41) is 4.03. The van der Waals surface area contributed by atoms with Crippen LogP contribution in [0.25, 0.3) is 0 Å². The van der Waals surface area contributed by atoms with Gasteiger partial charge in [-0.1, -0.05) is 48.6 Å². The Morgan fingerprint density at radius 3 is 2.50 bits per heavy atom. The zero-order valence-electron chi connectivity index (χ0n) is 13.5. The van der Waals surface area contributed by atoms with Crippen LogP contribution in [0, 0.1) is 0 Å². The molecule has 0 spiro atoms. The van der Waals surface area contributed by atoms with E-state index < -0.39 is 0 Å².